The molecule has 0 fully saturated rings. The van der Waals surface area contributed by atoms with Crippen LogP contribution in [0.15, 0.2) is 0 Å². The van der Waals surface area contributed by atoms with Gasteiger partial charge in [-0.2, -0.15) is 0 Å². The molecule has 0 aliphatic carbocycles. The molecule has 0 atom stereocenters. The summed E-state index contributed by atoms with van der Waals surface area (Å²) in [5.74, 6) is -0.833. The van der Waals surface area contributed by atoms with Gasteiger partial charge in [0.15, 0.2) is 0 Å². The minimum absolute atomic E-state index is 0.0938. The highest BCUT2D eigenvalue weighted by Gasteiger charge is 1.70. The Kier molecular flexibility index (Phi) is 32.6. The van der Waals surface area contributed by atoms with Gasteiger partial charge in [-0.3, -0.25) is 4.79 Å². The van der Waals surface area contributed by atoms with Crippen molar-refractivity contribution in [1.82, 2.24) is 0 Å². The minimum Gasteiger partial charge on any atom is -0.481 e. The molecule has 0 heterocycles. The summed E-state index contributed by atoms with van der Waals surface area (Å²) < 4.78 is 4.25. The van der Waals surface area contributed by atoms with E-state index in [4.69, 9.17) is 20.1 Å². The van der Waals surface area contributed by atoms with Crippen molar-refractivity contribution >= 4 is 5.97 Å². The topological polar surface area (TPSA) is 87.0 Å². The van der Waals surface area contributed by atoms with Crippen LogP contribution in [0.4, 0.5) is 0 Å². The third-order valence-corrected chi connectivity index (χ3v) is 0.316. The Morgan fingerprint density at radius 3 is 1.42 bits per heavy atom. The highest BCUT2D eigenvalue weighted by molar-refractivity contribution is 5.62. The largest absolute Gasteiger partial charge is 0.481 e. The van der Waals surface area contributed by atoms with Gasteiger partial charge in [-0.25, -0.2) is 0 Å². The molecule has 0 bridgehead atoms. The number of carboxylic acid groups (broad SMARTS) is 1. The number of aliphatic hydroxyl groups excluding tert-OH is 2. The number of ether oxygens (including phenoxy) is 1. The van der Waals surface area contributed by atoms with E-state index < -0.39 is 5.97 Å². The summed E-state index contributed by atoms with van der Waals surface area (Å²) in [5, 5.41) is 23.2. The fraction of sp³-hybridized carbons (Fsp3) is 0.857. The van der Waals surface area contributed by atoms with E-state index in [1.165, 1.54) is 0 Å². The van der Waals surface area contributed by atoms with Gasteiger partial charge >= 0.3 is 0 Å². The fourth-order valence-electron chi connectivity index (χ4n) is 0.0707. The van der Waals surface area contributed by atoms with Crippen molar-refractivity contribution < 1.29 is 24.9 Å². The van der Waals surface area contributed by atoms with Gasteiger partial charge in [0.2, 0.25) is 0 Å². The first-order valence-corrected chi connectivity index (χ1v) is 3.38. The molecule has 0 aliphatic rings. The third-order valence-electron chi connectivity index (χ3n) is 0.316. The van der Waals surface area contributed by atoms with Crippen LogP contribution in [0, 0.1) is 0 Å². The lowest BCUT2D eigenvalue weighted by atomic mass is 10.5. The first-order chi connectivity index (χ1) is 5.56. The van der Waals surface area contributed by atoms with E-state index in [2.05, 4.69) is 4.74 Å². The molecule has 0 unspecified atom stereocenters. The molecule has 0 amide bonds. The first-order valence-electron chi connectivity index (χ1n) is 3.38. The van der Waals surface area contributed by atoms with Crippen molar-refractivity contribution in [2.75, 3.05) is 27.4 Å². The van der Waals surface area contributed by atoms with Gasteiger partial charge < -0.3 is 20.1 Å². The van der Waals surface area contributed by atoms with E-state index in [1.807, 2.05) is 0 Å². The Labute approximate surface area is 72.6 Å². The number of carbonyl (C=O) groups is 1. The summed E-state index contributed by atoms with van der Waals surface area (Å²) in [6, 6.07) is 0. The molecular weight excluding hydrogens is 164 g/mol. The molecule has 0 saturated heterocycles. The molecule has 3 N–H and O–H groups in total. The lowest BCUT2D eigenvalue weighted by Gasteiger charge is -1.79. The monoisotopic (exact) mass is 182 g/mol. The molecule has 0 spiro atoms. The summed E-state index contributed by atoms with van der Waals surface area (Å²) in [7, 11) is 3.25. The lowest BCUT2D eigenvalue weighted by Crippen LogP contribution is -1.85. The van der Waals surface area contributed by atoms with Crippen LogP contribution in [0.25, 0.3) is 0 Å². The van der Waals surface area contributed by atoms with Gasteiger partial charge in [0.25, 0.3) is 5.97 Å². The van der Waals surface area contributed by atoms with E-state index in [0.717, 1.165) is 6.92 Å². The lowest BCUT2D eigenvalue weighted by molar-refractivity contribution is -0.134. The van der Waals surface area contributed by atoms with E-state index in [1.54, 1.807) is 14.2 Å². The van der Waals surface area contributed by atoms with E-state index in [-0.39, 0.29) is 13.2 Å². The van der Waals surface area contributed by atoms with Crippen LogP contribution in [0.5, 0.6) is 0 Å². The molecule has 0 rings (SSSR count). The maximum absolute atomic E-state index is 9.00. The molecule has 0 aromatic carbocycles. The summed E-state index contributed by atoms with van der Waals surface area (Å²) in [6.45, 7) is 1.27. The van der Waals surface area contributed by atoms with Crippen LogP contribution in [0.2, 0.25) is 0 Å². The summed E-state index contributed by atoms with van der Waals surface area (Å²) in [4.78, 5) is 9.00. The Balaban J connectivity index is -0.000000105. The zero-order valence-corrected chi connectivity index (χ0v) is 7.78. The molecular formula is C7H18O5. The van der Waals surface area contributed by atoms with Crippen LogP contribution in [-0.4, -0.2) is 48.7 Å². The average molecular weight is 182 g/mol. The average Bonchev–Trinajstić information content (AvgIpc) is 1.89. The van der Waals surface area contributed by atoms with Gasteiger partial charge in [0.05, 0.1) is 0 Å². The molecule has 0 radical (unpaired) electrons. The van der Waals surface area contributed by atoms with Crippen molar-refractivity contribution in [3.8, 4) is 0 Å². The first kappa shape index (κ1) is 17.4. The Bertz CT molecular complexity index is 68.2. The fourth-order valence-corrected chi connectivity index (χ4v) is 0.0707. The normalized spacial score (nSPS) is 7.08. The molecule has 12 heavy (non-hydrogen) atoms. The van der Waals surface area contributed by atoms with Crippen LogP contribution in [-0.2, 0) is 9.53 Å². The highest BCUT2D eigenvalue weighted by Crippen LogP contribution is 1.65. The second-order valence-corrected chi connectivity index (χ2v) is 1.73. The second kappa shape index (κ2) is 22.4. The second-order valence-electron chi connectivity index (χ2n) is 1.73. The standard InChI is InChI=1S/C3H8O2.C2H4O2.C2H6O/c4-2-1-3-5;1-2(3)4;1-3-2/h4-5H,1-3H2;1H3,(H,3,4);1-2H3. The Morgan fingerprint density at radius 1 is 1.25 bits per heavy atom. The maximum Gasteiger partial charge on any atom is 0.300 e. The van der Waals surface area contributed by atoms with Gasteiger partial charge in [0.1, 0.15) is 0 Å². The summed E-state index contributed by atoms with van der Waals surface area (Å²) in [5.41, 5.74) is 0. The van der Waals surface area contributed by atoms with Crippen molar-refractivity contribution in [2.24, 2.45) is 0 Å². The molecule has 0 aromatic heterocycles. The molecule has 5 heteroatoms. The molecule has 5 nitrogen and oxygen atoms in total. The van der Waals surface area contributed by atoms with Crippen LogP contribution >= 0.6 is 0 Å². The van der Waals surface area contributed by atoms with Crippen molar-refractivity contribution in [3.05, 3.63) is 0 Å². The predicted molar refractivity (Wildman–Crippen MR) is 45.0 cm³/mol. The zero-order valence-electron chi connectivity index (χ0n) is 7.78. The van der Waals surface area contributed by atoms with Gasteiger partial charge in [-0.1, -0.05) is 0 Å². The maximum atomic E-state index is 9.00. The number of methoxy groups -OCH3 is 1. The number of hydrogen-bond acceptors (Lipinski definition) is 4. The Hall–Kier alpha value is -0.650. The van der Waals surface area contributed by atoms with Crippen LogP contribution in [0.3, 0.4) is 0 Å². The molecule has 0 saturated carbocycles. The van der Waals surface area contributed by atoms with Crippen molar-refractivity contribution in [2.45, 2.75) is 13.3 Å². The number of aliphatic hydroxyl groups is 2. The van der Waals surface area contributed by atoms with Crippen molar-refractivity contribution in [3.63, 3.8) is 0 Å². The smallest absolute Gasteiger partial charge is 0.300 e. The van der Waals surface area contributed by atoms with E-state index >= 15 is 0 Å². The van der Waals surface area contributed by atoms with Gasteiger partial charge in [-0.05, 0) is 6.42 Å². The number of carboxylic acids is 1. The summed E-state index contributed by atoms with van der Waals surface area (Å²) in [6.07, 6.45) is 0.500. The SMILES string of the molecule is CC(=O)O.COC.OCCCO. The van der Waals surface area contributed by atoms with Crippen molar-refractivity contribution in [1.29, 1.82) is 0 Å². The number of hydrogen-bond donors (Lipinski definition) is 3. The van der Waals surface area contributed by atoms with Crippen LogP contribution in [0.1, 0.15) is 13.3 Å². The zero-order chi connectivity index (χ0) is 10.4. The number of rotatable bonds is 2. The predicted octanol–water partition coefficient (Wildman–Crippen LogP) is -0.285. The van der Waals surface area contributed by atoms with Crippen LogP contribution < -0.4 is 0 Å². The number of aliphatic carboxylic acids is 1. The van der Waals surface area contributed by atoms with Gasteiger partial charge in [-0.15, -0.1) is 0 Å². The minimum atomic E-state index is -0.833. The summed E-state index contributed by atoms with van der Waals surface area (Å²) >= 11 is 0. The highest BCUT2D eigenvalue weighted by atomic mass is 16.4. The van der Waals surface area contributed by atoms with E-state index in [0.29, 0.717) is 6.42 Å². The molecule has 0 aliphatic heterocycles. The quantitative estimate of drug-likeness (QED) is 0.546. The molecule has 76 valence electrons. The third kappa shape index (κ3) is 358. The molecule has 0 aromatic rings. The Morgan fingerprint density at radius 2 is 1.42 bits per heavy atom. The van der Waals surface area contributed by atoms with E-state index in [9.17, 15) is 0 Å². The van der Waals surface area contributed by atoms with Gasteiger partial charge in [0, 0.05) is 34.4 Å².